The summed E-state index contributed by atoms with van der Waals surface area (Å²) in [6.45, 7) is 9.33. The van der Waals surface area contributed by atoms with E-state index in [-0.39, 0.29) is 0 Å². The van der Waals surface area contributed by atoms with E-state index in [2.05, 4.69) is 43.0 Å². The van der Waals surface area contributed by atoms with Crippen LogP contribution in [0, 0.1) is 0 Å². The molecule has 0 saturated carbocycles. The maximum absolute atomic E-state index is 2.58. The van der Waals surface area contributed by atoms with Gasteiger partial charge in [-0.15, -0.1) is 0 Å². The fourth-order valence-corrected chi connectivity index (χ4v) is 2.79. The van der Waals surface area contributed by atoms with Crippen LogP contribution in [0.1, 0.15) is 78.6 Å². The zero-order valence-corrected chi connectivity index (χ0v) is 13.4. The summed E-state index contributed by atoms with van der Waals surface area (Å²) in [6.07, 6.45) is 17.3. The predicted octanol–water partition coefficient (Wildman–Crippen LogP) is 4.97. The van der Waals surface area contributed by atoms with Crippen LogP contribution in [0.15, 0.2) is 12.4 Å². The molecule has 0 aromatic heterocycles. The first-order chi connectivity index (χ1) is 9.33. The Bertz CT molecular complexity index is 237. The molecule has 0 aromatic rings. The second-order valence-electron chi connectivity index (χ2n) is 5.81. The summed E-state index contributed by atoms with van der Waals surface area (Å²) < 4.78 is 0. The van der Waals surface area contributed by atoms with Crippen molar-refractivity contribution in [2.45, 2.75) is 84.7 Å². The van der Waals surface area contributed by atoms with Crippen LogP contribution < -0.4 is 0 Å². The molecule has 0 aromatic carbocycles. The van der Waals surface area contributed by atoms with Crippen LogP contribution >= 0.6 is 0 Å². The maximum atomic E-state index is 2.58. The highest BCUT2D eigenvalue weighted by Crippen LogP contribution is 2.22. The number of unbranched alkanes of at least 4 members (excludes halogenated alkanes) is 5. The highest BCUT2D eigenvalue weighted by atomic mass is 15.4. The molecular formula is C17H34N2. The molecule has 1 aliphatic rings. The highest BCUT2D eigenvalue weighted by Gasteiger charge is 2.24. The van der Waals surface area contributed by atoms with Crippen LogP contribution in [0.4, 0.5) is 0 Å². The van der Waals surface area contributed by atoms with Gasteiger partial charge in [0, 0.05) is 25.5 Å². The Morgan fingerprint density at radius 2 is 1.26 bits per heavy atom. The van der Waals surface area contributed by atoms with E-state index in [1.165, 1.54) is 70.9 Å². The molecule has 2 nitrogen and oxygen atoms in total. The Balaban J connectivity index is 2.37. The molecule has 1 unspecified atom stereocenters. The average molecular weight is 266 g/mol. The van der Waals surface area contributed by atoms with Crippen molar-refractivity contribution in [1.82, 2.24) is 9.80 Å². The van der Waals surface area contributed by atoms with Crippen molar-refractivity contribution in [2.75, 3.05) is 13.1 Å². The number of nitrogens with zero attached hydrogens (tertiary/aromatic N) is 2. The number of hydrogen-bond donors (Lipinski definition) is 0. The van der Waals surface area contributed by atoms with Crippen LogP contribution in [0.25, 0.3) is 0 Å². The monoisotopic (exact) mass is 266 g/mol. The molecule has 1 aliphatic heterocycles. The molecule has 0 aliphatic carbocycles. The van der Waals surface area contributed by atoms with E-state index in [1.807, 2.05) is 0 Å². The SMILES string of the molecule is CCCCCCN1C=CN(CCCC)C1CCCC. The van der Waals surface area contributed by atoms with Crippen molar-refractivity contribution in [1.29, 1.82) is 0 Å². The minimum atomic E-state index is 0.646. The molecule has 1 atom stereocenters. The zero-order chi connectivity index (χ0) is 13.9. The molecule has 0 spiro atoms. The number of hydrogen-bond acceptors (Lipinski definition) is 2. The Labute approximate surface area is 120 Å². The molecule has 0 N–H and O–H groups in total. The van der Waals surface area contributed by atoms with Crippen LogP contribution in [0.5, 0.6) is 0 Å². The van der Waals surface area contributed by atoms with Gasteiger partial charge in [0.2, 0.25) is 0 Å². The van der Waals surface area contributed by atoms with E-state index < -0.39 is 0 Å². The third-order valence-electron chi connectivity index (χ3n) is 4.07. The molecule has 0 radical (unpaired) electrons. The van der Waals surface area contributed by atoms with Crippen molar-refractivity contribution in [3.8, 4) is 0 Å². The molecule has 1 heterocycles. The van der Waals surface area contributed by atoms with Gasteiger partial charge in [0.25, 0.3) is 0 Å². The summed E-state index contributed by atoms with van der Waals surface area (Å²) in [5.41, 5.74) is 0. The van der Waals surface area contributed by atoms with Crippen molar-refractivity contribution < 1.29 is 0 Å². The second-order valence-corrected chi connectivity index (χ2v) is 5.81. The van der Waals surface area contributed by atoms with E-state index in [0.717, 1.165) is 0 Å². The van der Waals surface area contributed by atoms with Crippen molar-refractivity contribution in [2.24, 2.45) is 0 Å². The molecule has 1 rings (SSSR count). The van der Waals surface area contributed by atoms with E-state index in [4.69, 9.17) is 0 Å². The maximum Gasteiger partial charge on any atom is 0.101 e. The third-order valence-corrected chi connectivity index (χ3v) is 4.07. The Morgan fingerprint density at radius 1 is 0.684 bits per heavy atom. The molecule has 0 fully saturated rings. The third kappa shape index (κ3) is 5.88. The van der Waals surface area contributed by atoms with Crippen LogP contribution in [0.2, 0.25) is 0 Å². The fraction of sp³-hybridized carbons (Fsp3) is 0.882. The Kier molecular flexibility index (Phi) is 8.77. The first kappa shape index (κ1) is 16.4. The van der Waals surface area contributed by atoms with Crippen LogP contribution in [-0.4, -0.2) is 29.1 Å². The van der Waals surface area contributed by atoms with Gasteiger partial charge in [-0.1, -0.05) is 52.9 Å². The molecule has 19 heavy (non-hydrogen) atoms. The lowest BCUT2D eigenvalue weighted by Gasteiger charge is -2.33. The summed E-state index contributed by atoms with van der Waals surface area (Å²) in [5.74, 6) is 0. The van der Waals surface area contributed by atoms with Gasteiger partial charge < -0.3 is 9.80 Å². The fourth-order valence-electron chi connectivity index (χ4n) is 2.79. The smallest absolute Gasteiger partial charge is 0.101 e. The van der Waals surface area contributed by atoms with Crippen LogP contribution in [0.3, 0.4) is 0 Å². The summed E-state index contributed by atoms with van der Waals surface area (Å²) in [7, 11) is 0. The van der Waals surface area contributed by atoms with Gasteiger partial charge in [-0.3, -0.25) is 0 Å². The Morgan fingerprint density at radius 3 is 1.84 bits per heavy atom. The summed E-state index contributed by atoms with van der Waals surface area (Å²) in [6, 6.07) is 0. The largest absolute Gasteiger partial charge is 0.356 e. The lowest BCUT2D eigenvalue weighted by molar-refractivity contribution is 0.137. The van der Waals surface area contributed by atoms with Crippen molar-refractivity contribution >= 4 is 0 Å². The standard InChI is InChI=1S/C17H34N2/c1-4-7-10-11-14-19-16-15-18(13-9-6-3)17(19)12-8-5-2/h15-17H,4-14H2,1-3H3. The van der Waals surface area contributed by atoms with E-state index in [1.54, 1.807) is 0 Å². The van der Waals surface area contributed by atoms with Gasteiger partial charge in [-0.25, -0.2) is 0 Å². The minimum absolute atomic E-state index is 0.646. The van der Waals surface area contributed by atoms with E-state index >= 15 is 0 Å². The summed E-state index contributed by atoms with van der Waals surface area (Å²) in [5, 5.41) is 0. The lowest BCUT2D eigenvalue weighted by atomic mass is 10.1. The minimum Gasteiger partial charge on any atom is -0.356 e. The van der Waals surface area contributed by atoms with E-state index in [0.29, 0.717) is 6.17 Å². The van der Waals surface area contributed by atoms with Gasteiger partial charge in [-0.2, -0.15) is 0 Å². The normalized spacial score (nSPS) is 18.6. The molecule has 0 saturated heterocycles. The molecule has 0 amide bonds. The number of rotatable bonds is 11. The van der Waals surface area contributed by atoms with E-state index in [9.17, 15) is 0 Å². The van der Waals surface area contributed by atoms with Gasteiger partial charge in [0.1, 0.15) is 6.17 Å². The van der Waals surface area contributed by atoms with Crippen molar-refractivity contribution in [3.05, 3.63) is 12.4 Å². The zero-order valence-electron chi connectivity index (χ0n) is 13.4. The summed E-state index contributed by atoms with van der Waals surface area (Å²) >= 11 is 0. The van der Waals surface area contributed by atoms with Gasteiger partial charge in [0.05, 0.1) is 0 Å². The average Bonchev–Trinajstić information content (AvgIpc) is 2.81. The van der Waals surface area contributed by atoms with Crippen molar-refractivity contribution in [3.63, 3.8) is 0 Å². The van der Waals surface area contributed by atoms with Gasteiger partial charge in [-0.05, 0) is 25.7 Å². The van der Waals surface area contributed by atoms with Crippen LogP contribution in [-0.2, 0) is 0 Å². The highest BCUT2D eigenvalue weighted by molar-refractivity contribution is 4.96. The first-order valence-corrected chi connectivity index (χ1v) is 8.53. The predicted molar refractivity (Wildman–Crippen MR) is 84.9 cm³/mol. The van der Waals surface area contributed by atoms with Gasteiger partial charge in [0.15, 0.2) is 0 Å². The quantitative estimate of drug-likeness (QED) is 0.487. The first-order valence-electron chi connectivity index (χ1n) is 8.53. The Hall–Kier alpha value is -0.660. The molecule has 2 heteroatoms. The van der Waals surface area contributed by atoms with Gasteiger partial charge >= 0.3 is 0 Å². The molecule has 112 valence electrons. The molecular weight excluding hydrogens is 232 g/mol. The topological polar surface area (TPSA) is 6.48 Å². The summed E-state index contributed by atoms with van der Waals surface area (Å²) in [4.78, 5) is 5.15. The lowest BCUT2D eigenvalue weighted by Crippen LogP contribution is -2.39. The second kappa shape index (κ2) is 10.2. The molecule has 0 bridgehead atoms.